The lowest BCUT2D eigenvalue weighted by Crippen LogP contribution is -2.23. The van der Waals surface area contributed by atoms with Crippen molar-refractivity contribution < 1.29 is 4.74 Å². The third-order valence-corrected chi connectivity index (χ3v) is 1.81. The molecule has 0 rings (SSSR count). The zero-order valence-corrected chi connectivity index (χ0v) is 9.11. The third kappa shape index (κ3) is 8.02. The normalized spacial score (nSPS) is 14.8. The van der Waals surface area contributed by atoms with Crippen LogP contribution < -0.4 is 5.32 Å². The molecule has 1 unspecified atom stereocenters. The van der Waals surface area contributed by atoms with Crippen LogP contribution in [0.4, 0.5) is 0 Å². The van der Waals surface area contributed by atoms with E-state index in [1.807, 2.05) is 7.05 Å². The third-order valence-electron chi connectivity index (χ3n) is 1.81. The lowest BCUT2D eigenvalue weighted by molar-refractivity contribution is -0.00517. The molecule has 0 saturated heterocycles. The van der Waals surface area contributed by atoms with E-state index in [0.717, 1.165) is 13.0 Å². The Balaban J connectivity index is 3.22. The van der Waals surface area contributed by atoms with Crippen LogP contribution in [0.2, 0.25) is 0 Å². The van der Waals surface area contributed by atoms with E-state index in [9.17, 15) is 0 Å². The second-order valence-electron chi connectivity index (χ2n) is 4.29. The van der Waals surface area contributed by atoms with Crippen molar-refractivity contribution >= 4 is 0 Å². The van der Waals surface area contributed by atoms with Gasteiger partial charge in [-0.3, -0.25) is 0 Å². The number of nitrogens with one attached hydrogen (secondary N) is 1. The Hall–Kier alpha value is -0.0800. The van der Waals surface area contributed by atoms with Crippen molar-refractivity contribution in [1.29, 1.82) is 0 Å². The summed E-state index contributed by atoms with van der Waals surface area (Å²) in [5.41, 5.74) is 0.0167. The van der Waals surface area contributed by atoms with Gasteiger partial charge in [0.2, 0.25) is 0 Å². The lowest BCUT2D eigenvalue weighted by atomic mass is 10.1. The van der Waals surface area contributed by atoms with Gasteiger partial charge in [-0.15, -0.1) is 0 Å². The summed E-state index contributed by atoms with van der Waals surface area (Å²) in [6, 6.07) is 0.605. The fourth-order valence-corrected chi connectivity index (χ4v) is 0.912. The molecule has 0 bridgehead atoms. The van der Waals surface area contributed by atoms with E-state index < -0.39 is 0 Å². The lowest BCUT2D eigenvalue weighted by Gasteiger charge is -2.20. The van der Waals surface area contributed by atoms with E-state index in [-0.39, 0.29) is 5.60 Å². The Morgan fingerprint density at radius 1 is 1.33 bits per heavy atom. The number of hydrogen-bond donors (Lipinski definition) is 1. The van der Waals surface area contributed by atoms with Crippen molar-refractivity contribution in [3.05, 3.63) is 0 Å². The van der Waals surface area contributed by atoms with Crippen LogP contribution in [0.1, 0.15) is 40.5 Å². The zero-order valence-electron chi connectivity index (χ0n) is 9.11. The van der Waals surface area contributed by atoms with Crippen molar-refractivity contribution in [2.45, 2.75) is 52.2 Å². The minimum absolute atomic E-state index is 0.0167. The molecule has 0 aliphatic rings. The predicted molar refractivity (Wildman–Crippen MR) is 53.5 cm³/mol. The van der Waals surface area contributed by atoms with Gasteiger partial charge in [0.25, 0.3) is 0 Å². The molecule has 0 heterocycles. The number of ether oxygens (including phenoxy) is 1. The monoisotopic (exact) mass is 173 g/mol. The second-order valence-corrected chi connectivity index (χ2v) is 4.29. The van der Waals surface area contributed by atoms with E-state index in [0.29, 0.717) is 6.04 Å². The molecule has 0 aromatic rings. The molecule has 0 aliphatic carbocycles. The van der Waals surface area contributed by atoms with Crippen LogP contribution in [0, 0.1) is 0 Å². The average molecular weight is 173 g/mol. The molecule has 1 N–H and O–H groups in total. The maximum absolute atomic E-state index is 5.60. The van der Waals surface area contributed by atoms with Gasteiger partial charge in [-0.25, -0.2) is 0 Å². The van der Waals surface area contributed by atoms with E-state index in [1.165, 1.54) is 6.42 Å². The van der Waals surface area contributed by atoms with Gasteiger partial charge >= 0.3 is 0 Å². The minimum atomic E-state index is 0.0167. The number of rotatable bonds is 5. The van der Waals surface area contributed by atoms with Crippen LogP contribution in [-0.2, 0) is 4.74 Å². The predicted octanol–water partition coefficient (Wildman–Crippen LogP) is 2.19. The van der Waals surface area contributed by atoms with E-state index in [1.54, 1.807) is 0 Å². The first-order chi connectivity index (χ1) is 5.45. The smallest absolute Gasteiger partial charge is 0.0598 e. The van der Waals surface area contributed by atoms with Crippen LogP contribution in [0.5, 0.6) is 0 Å². The van der Waals surface area contributed by atoms with Crippen LogP contribution in [0.25, 0.3) is 0 Å². The quantitative estimate of drug-likeness (QED) is 0.643. The van der Waals surface area contributed by atoms with Gasteiger partial charge in [0.1, 0.15) is 0 Å². The highest BCUT2D eigenvalue weighted by molar-refractivity contribution is 4.60. The molecule has 0 spiro atoms. The van der Waals surface area contributed by atoms with Gasteiger partial charge < -0.3 is 10.1 Å². The van der Waals surface area contributed by atoms with Crippen molar-refractivity contribution in [2.75, 3.05) is 13.7 Å². The zero-order chi connectivity index (χ0) is 9.61. The Kier molecular flexibility index (Phi) is 5.51. The van der Waals surface area contributed by atoms with Crippen LogP contribution in [0.3, 0.4) is 0 Å². The van der Waals surface area contributed by atoms with E-state index in [4.69, 9.17) is 4.74 Å². The summed E-state index contributed by atoms with van der Waals surface area (Å²) < 4.78 is 5.60. The Morgan fingerprint density at radius 3 is 2.33 bits per heavy atom. The molecule has 74 valence electrons. The molecule has 0 fully saturated rings. The van der Waals surface area contributed by atoms with Crippen LogP contribution in [0.15, 0.2) is 0 Å². The first kappa shape index (κ1) is 11.9. The van der Waals surface area contributed by atoms with Crippen LogP contribution in [-0.4, -0.2) is 25.3 Å². The SMILES string of the molecule is CNC(C)CCCOC(C)(C)C. The molecule has 1 atom stereocenters. The highest BCUT2D eigenvalue weighted by Crippen LogP contribution is 2.08. The van der Waals surface area contributed by atoms with Gasteiger partial charge in [-0.1, -0.05) is 0 Å². The molecule has 0 aromatic heterocycles. The van der Waals surface area contributed by atoms with Crippen molar-refractivity contribution in [1.82, 2.24) is 5.32 Å². The molecule has 2 heteroatoms. The maximum atomic E-state index is 5.60. The Bertz CT molecular complexity index is 107. The van der Waals surface area contributed by atoms with Crippen molar-refractivity contribution in [2.24, 2.45) is 0 Å². The first-order valence-electron chi connectivity index (χ1n) is 4.77. The molecular formula is C10H23NO. The standard InChI is InChI=1S/C10H23NO/c1-9(11-5)7-6-8-12-10(2,3)4/h9,11H,6-8H2,1-5H3. The average Bonchev–Trinajstić information content (AvgIpc) is 1.96. The fraction of sp³-hybridized carbons (Fsp3) is 1.00. The van der Waals surface area contributed by atoms with Gasteiger partial charge in [0.15, 0.2) is 0 Å². The maximum Gasteiger partial charge on any atom is 0.0598 e. The molecule has 0 saturated carbocycles. The van der Waals surface area contributed by atoms with E-state index >= 15 is 0 Å². The summed E-state index contributed by atoms with van der Waals surface area (Å²) in [6.45, 7) is 9.34. The number of hydrogen-bond acceptors (Lipinski definition) is 2. The molecule has 0 amide bonds. The minimum Gasteiger partial charge on any atom is -0.376 e. The molecule has 12 heavy (non-hydrogen) atoms. The summed E-state index contributed by atoms with van der Waals surface area (Å²) in [4.78, 5) is 0. The Morgan fingerprint density at radius 2 is 1.92 bits per heavy atom. The highest BCUT2D eigenvalue weighted by Gasteiger charge is 2.09. The molecule has 0 aromatic carbocycles. The topological polar surface area (TPSA) is 21.3 Å². The fourth-order valence-electron chi connectivity index (χ4n) is 0.912. The van der Waals surface area contributed by atoms with E-state index in [2.05, 4.69) is 33.0 Å². The Labute approximate surface area is 76.7 Å². The first-order valence-corrected chi connectivity index (χ1v) is 4.77. The highest BCUT2D eigenvalue weighted by atomic mass is 16.5. The van der Waals surface area contributed by atoms with Crippen molar-refractivity contribution in [3.63, 3.8) is 0 Å². The largest absolute Gasteiger partial charge is 0.376 e. The summed E-state index contributed by atoms with van der Waals surface area (Å²) in [5, 5.41) is 3.21. The molecule has 0 aliphatic heterocycles. The summed E-state index contributed by atoms with van der Waals surface area (Å²) in [6.07, 6.45) is 2.33. The van der Waals surface area contributed by atoms with Gasteiger partial charge in [-0.2, -0.15) is 0 Å². The molecule has 2 nitrogen and oxygen atoms in total. The summed E-state index contributed by atoms with van der Waals surface area (Å²) in [5.74, 6) is 0. The summed E-state index contributed by atoms with van der Waals surface area (Å²) in [7, 11) is 2.00. The molecular weight excluding hydrogens is 150 g/mol. The van der Waals surface area contributed by atoms with Gasteiger partial charge in [0, 0.05) is 12.6 Å². The molecule has 0 radical (unpaired) electrons. The summed E-state index contributed by atoms with van der Waals surface area (Å²) >= 11 is 0. The van der Waals surface area contributed by atoms with Gasteiger partial charge in [0.05, 0.1) is 5.60 Å². The van der Waals surface area contributed by atoms with Gasteiger partial charge in [-0.05, 0) is 47.6 Å². The second kappa shape index (κ2) is 5.55. The van der Waals surface area contributed by atoms with Crippen molar-refractivity contribution in [3.8, 4) is 0 Å². The van der Waals surface area contributed by atoms with Crippen LogP contribution >= 0.6 is 0 Å².